The van der Waals surface area contributed by atoms with Gasteiger partial charge in [0.05, 0.1) is 5.57 Å². The average Bonchev–Trinajstić information content (AvgIpc) is 2.33. The van der Waals surface area contributed by atoms with Crippen molar-refractivity contribution in [3.8, 4) is 0 Å². The molecule has 0 saturated heterocycles. The third-order valence-corrected chi connectivity index (χ3v) is 2.11. The summed E-state index contributed by atoms with van der Waals surface area (Å²) in [5, 5.41) is 5.12. The van der Waals surface area contributed by atoms with Gasteiger partial charge >= 0.3 is 11.9 Å². The molecule has 0 atom stereocenters. The van der Waals surface area contributed by atoms with E-state index in [1.165, 1.54) is 6.20 Å². The number of carbonyl (C=O) groups is 3. The van der Waals surface area contributed by atoms with Crippen molar-refractivity contribution < 1.29 is 23.9 Å². The van der Waals surface area contributed by atoms with E-state index in [-0.39, 0.29) is 12.2 Å². The molecule has 0 radical (unpaired) electrons. The molecule has 0 spiro atoms. The summed E-state index contributed by atoms with van der Waals surface area (Å²) in [6.07, 6.45) is 3.32. The molecular weight excluding hydrogens is 276 g/mol. The van der Waals surface area contributed by atoms with E-state index in [0.717, 1.165) is 12.2 Å². The van der Waals surface area contributed by atoms with E-state index >= 15 is 0 Å². The molecule has 1 rings (SSSR count). The number of amides is 1. The van der Waals surface area contributed by atoms with Gasteiger partial charge in [-0.1, -0.05) is 6.58 Å². The molecule has 7 heteroatoms. The second-order valence-corrected chi connectivity index (χ2v) is 5.22. The zero-order chi connectivity index (χ0) is 16.0. The van der Waals surface area contributed by atoms with Gasteiger partial charge in [0, 0.05) is 18.4 Å². The predicted molar refractivity (Wildman–Crippen MR) is 74.4 cm³/mol. The van der Waals surface area contributed by atoms with Crippen molar-refractivity contribution in [2.24, 2.45) is 0 Å². The molecule has 0 aromatic heterocycles. The van der Waals surface area contributed by atoms with Gasteiger partial charge in [0.2, 0.25) is 0 Å². The van der Waals surface area contributed by atoms with Crippen molar-refractivity contribution in [3.63, 3.8) is 0 Å². The number of esters is 2. The lowest BCUT2D eigenvalue weighted by molar-refractivity contribution is -0.149. The molecule has 7 nitrogen and oxygen atoms in total. The van der Waals surface area contributed by atoms with Crippen molar-refractivity contribution in [2.45, 2.75) is 26.4 Å². The molecule has 1 aliphatic rings. The van der Waals surface area contributed by atoms with Crippen LogP contribution in [-0.2, 0) is 23.9 Å². The van der Waals surface area contributed by atoms with E-state index < -0.39 is 23.4 Å². The summed E-state index contributed by atoms with van der Waals surface area (Å²) in [4.78, 5) is 34.2. The molecule has 114 valence electrons. The molecule has 1 aliphatic heterocycles. The molecule has 0 aliphatic carbocycles. The summed E-state index contributed by atoms with van der Waals surface area (Å²) in [5.74, 6) is -1.45. The fourth-order valence-electron chi connectivity index (χ4n) is 1.27. The first-order valence-corrected chi connectivity index (χ1v) is 6.21. The molecular formula is C14H18N2O5. The van der Waals surface area contributed by atoms with Gasteiger partial charge in [0.25, 0.3) is 5.91 Å². The third kappa shape index (κ3) is 6.42. The van der Waals surface area contributed by atoms with E-state index in [2.05, 4.69) is 17.2 Å². The van der Waals surface area contributed by atoms with Crippen LogP contribution in [0.15, 0.2) is 36.3 Å². The maximum absolute atomic E-state index is 11.5. The van der Waals surface area contributed by atoms with Gasteiger partial charge in [-0.15, -0.1) is 0 Å². The molecule has 0 fully saturated rings. The second-order valence-electron chi connectivity index (χ2n) is 5.22. The number of hydrogen-bond acceptors (Lipinski definition) is 6. The number of rotatable bonds is 4. The minimum absolute atomic E-state index is 0.219. The van der Waals surface area contributed by atoms with Crippen molar-refractivity contribution in [1.29, 1.82) is 0 Å². The maximum Gasteiger partial charge on any atom is 0.331 e. The van der Waals surface area contributed by atoms with Crippen molar-refractivity contribution in [2.75, 3.05) is 6.61 Å². The number of nitrogens with one attached hydrogen (secondary N) is 2. The van der Waals surface area contributed by atoms with Crippen LogP contribution in [0.3, 0.4) is 0 Å². The largest absolute Gasteiger partial charge is 0.457 e. The average molecular weight is 294 g/mol. The Labute approximate surface area is 122 Å². The first-order chi connectivity index (χ1) is 9.67. The highest BCUT2D eigenvalue weighted by atomic mass is 16.6. The van der Waals surface area contributed by atoms with Gasteiger partial charge in [-0.25, -0.2) is 9.59 Å². The fraction of sp³-hybridized carbons (Fsp3) is 0.357. The quantitative estimate of drug-likeness (QED) is 0.579. The van der Waals surface area contributed by atoms with E-state index in [0.29, 0.717) is 5.82 Å². The highest BCUT2D eigenvalue weighted by molar-refractivity contribution is 5.96. The number of carbonyl (C=O) groups excluding carboxylic acids is 3. The van der Waals surface area contributed by atoms with Crippen molar-refractivity contribution in [3.05, 3.63) is 36.3 Å². The summed E-state index contributed by atoms with van der Waals surface area (Å²) < 4.78 is 9.82. The summed E-state index contributed by atoms with van der Waals surface area (Å²) in [6, 6.07) is 0. The van der Waals surface area contributed by atoms with Gasteiger partial charge in [0.15, 0.2) is 0 Å². The van der Waals surface area contributed by atoms with Crippen LogP contribution in [0, 0.1) is 0 Å². The Kier molecular flexibility index (Phi) is 5.29. The zero-order valence-electron chi connectivity index (χ0n) is 12.2. The van der Waals surface area contributed by atoms with Crippen LogP contribution in [0.2, 0.25) is 0 Å². The predicted octanol–water partition coefficient (Wildman–Crippen LogP) is 0.502. The first kappa shape index (κ1) is 16.5. The third-order valence-electron chi connectivity index (χ3n) is 2.11. The SMILES string of the molecule is C=C1NC=C(COC(=O)/C=C/C(=O)OC(C)(C)C)C(=O)N1. The Morgan fingerprint density at radius 2 is 1.90 bits per heavy atom. The molecule has 21 heavy (non-hydrogen) atoms. The lowest BCUT2D eigenvalue weighted by atomic mass is 10.2. The van der Waals surface area contributed by atoms with Crippen LogP contribution in [-0.4, -0.2) is 30.1 Å². The molecule has 0 aromatic rings. The second kappa shape index (κ2) is 6.74. The smallest absolute Gasteiger partial charge is 0.331 e. The lowest BCUT2D eigenvalue weighted by Gasteiger charge is -2.18. The zero-order valence-corrected chi connectivity index (χ0v) is 12.2. The van der Waals surface area contributed by atoms with Crippen LogP contribution in [0.5, 0.6) is 0 Å². The summed E-state index contributed by atoms with van der Waals surface area (Å²) in [5.41, 5.74) is -0.397. The standard InChI is InChI=1S/C14H18N2O5/c1-9-15-7-10(13(19)16-9)8-20-11(17)5-6-12(18)21-14(2,3)4/h5-7,15H,1,8H2,2-4H3,(H,16,19)/b6-5+. The van der Waals surface area contributed by atoms with Crippen molar-refractivity contribution in [1.82, 2.24) is 10.6 Å². The van der Waals surface area contributed by atoms with Gasteiger partial charge in [-0.3, -0.25) is 4.79 Å². The summed E-state index contributed by atoms with van der Waals surface area (Å²) >= 11 is 0. The van der Waals surface area contributed by atoms with E-state index in [9.17, 15) is 14.4 Å². The molecule has 0 saturated carbocycles. The van der Waals surface area contributed by atoms with E-state index in [1.807, 2.05) is 0 Å². The van der Waals surface area contributed by atoms with Crippen LogP contribution < -0.4 is 10.6 Å². The fourth-order valence-corrected chi connectivity index (χ4v) is 1.27. The minimum Gasteiger partial charge on any atom is -0.457 e. The molecule has 0 unspecified atom stereocenters. The molecule has 0 bridgehead atoms. The van der Waals surface area contributed by atoms with Crippen LogP contribution in [0.25, 0.3) is 0 Å². The lowest BCUT2D eigenvalue weighted by Crippen LogP contribution is -2.36. The molecule has 0 aromatic carbocycles. The monoisotopic (exact) mass is 294 g/mol. The topological polar surface area (TPSA) is 93.7 Å². The first-order valence-electron chi connectivity index (χ1n) is 6.21. The highest BCUT2D eigenvalue weighted by Crippen LogP contribution is 2.07. The summed E-state index contributed by atoms with van der Waals surface area (Å²) in [7, 11) is 0. The Balaban J connectivity index is 2.43. The Morgan fingerprint density at radius 1 is 1.29 bits per heavy atom. The van der Waals surface area contributed by atoms with E-state index in [1.54, 1.807) is 20.8 Å². The van der Waals surface area contributed by atoms with E-state index in [4.69, 9.17) is 9.47 Å². The molecule has 1 heterocycles. The maximum atomic E-state index is 11.5. The number of ether oxygens (including phenoxy) is 2. The van der Waals surface area contributed by atoms with Crippen LogP contribution in [0.1, 0.15) is 20.8 Å². The minimum atomic E-state index is -0.751. The molecule has 2 N–H and O–H groups in total. The van der Waals surface area contributed by atoms with Gasteiger partial charge in [-0.2, -0.15) is 0 Å². The van der Waals surface area contributed by atoms with Gasteiger partial charge < -0.3 is 20.1 Å². The normalized spacial score (nSPS) is 15.1. The van der Waals surface area contributed by atoms with Crippen molar-refractivity contribution >= 4 is 17.8 Å². The highest BCUT2D eigenvalue weighted by Gasteiger charge is 2.17. The molecule has 1 amide bonds. The van der Waals surface area contributed by atoms with Gasteiger partial charge in [0.1, 0.15) is 18.0 Å². The van der Waals surface area contributed by atoms with Crippen LogP contribution in [0.4, 0.5) is 0 Å². The van der Waals surface area contributed by atoms with Crippen LogP contribution >= 0.6 is 0 Å². The summed E-state index contributed by atoms with van der Waals surface area (Å²) in [6.45, 7) is 8.44. The number of hydrogen-bond donors (Lipinski definition) is 2. The van der Waals surface area contributed by atoms with Gasteiger partial charge in [-0.05, 0) is 20.8 Å². The Bertz CT molecular complexity index is 526. The Hall–Kier alpha value is -2.57. The Morgan fingerprint density at radius 3 is 2.48 bits per heavy atom.